The first kappa shape index (κ1) is 31.7. The molecule has 0 atom stereocenters. The molecular formula is C32H50O4. The minimum Gasteiger partial charge on any atom is -0.512 e. The lowest BCUT2D eigenvalue weighted by Crippen LogP contribution is -2.09. The van der Waals surface area contributed by atoms with Crippen LogP contribution in [-0.4, -0.2) is 21.8 Å². The van der Waals surface area contributed by atoms with Gasteiger partial charge in [0.25, 0.3) is 0 Å². The highest BCUT2D eigenvalue weighted by molar-refractivity contribution is 6.23. The average molecular weight is 499 g/mol. The highest BCUT2D eigenvalue weighted by atomic mass is 16.3. The lowest BCUT2D eigenvalue weighted by molar-refractivity contribution is -0.114. The van der Waals surface area contributed by atoms with E-state index < -0.39 is 0 Å². The van der Waals surface area contributed by atoms with Gasteiger partial charge in [-0.3, -0.25) is 9.59 Å². The first-order chi connectivity index (χ1) is 17.4. The summed E-state index contributed by atoms with van der Waals surface area (Å²) in [4.78, 5) is 26.5. The Kier molecular flexibility index (Phi) is 16.6. The molecule has 4 nitrogen and oxygen atoms in total. The predicted molar refractivity (Wildman–Crippen MR) is 152 cm³/mol. The third-order valence-corrected chi connectivity index (χ3v) is 6.62. The highest BCUT2D eigenvalue weighted by Gasteiger charge is 2.21. The van der Waals surface area contributed by atoms with Crippen LogP contribution in [0.2, 0.25) is 0 Å². The van der Waals surface area contributed by atoms with Gasteiger partial charge < -0.3 is 10.2 Å². The fourth-order valence-corrected chi connectivity index (χ4v) is 4.46. The van der Waals surface area contributed by atoms with Gasteiger partial charge in [0.1, 0.15) is 11.5 Å². The molecule has 0 heterocycles. The quantitative estimate of drug-likeness (QED) is 0.107. The summed E-state index contributed by atoms with van der Waals surface area (Å²) >= 11 is 0. The van der Waals surface area contributed by atoms with Crippen molar-refractivity contribution in [3.05, 3.63) is 46.9 Å². The van der Waals surface area contributed by atoms with Gasteiger partial charge in [-0.1, -0.05) is 97.3 Å². The van der Waals surface area contributed by atoms with E-state index in [1.165, 1.54) is 0 Å². The molecule has 0 spiro atoms. The van der Waals surface area contributed by atoms with Crippen LogP contribution in [0.5, 0.6) is 0 Å². The molecule has 1 aromatic rings. The van der Waals surface area contributed by atoms with Crippen LogP contribution < -0.4 is 0 Å². The molecule has 0 aliphatic rings. The SMILES string of the molecule is CCCCCC(=O)C(=C(O)CCCCC)c1cccc(/C(C(=O)CCCCC)=C(/O)CCCCC)c1. The fraction of sp³-hybridized carbons (Fsp3) is 0.625. The summed E-state index contributed by atoms with van der Waals surface area (Å²) in [5, 5.41) is 22.0. The van der Waals surface area contributed by atoms with Crippen LogP contribution in [0, 0.1) is 0 Å². The third kappa shape index (κ3) is 11.1. The van der Waals surface area contributed by atoms with Gasteiger partial charge in [0.05, 0.1) is 11.1 Å². The van der Waals surface area contributed by atoms with Gasteiger partial charge in [0.15, 0.2) is 11.6 Å². The van der Waals surface area contributed by atoms with Crippen molar-refractivity contribution in [2.45, 2.75) is 130 Å². The van der Waals surface area contributed by atoms with Gasteiger partial charge >= 0.3 is 0 Å². The number of unbranched alkanes of at least 4 members (excludes halogenated alkanes) is 8. The van der Waals surface area contributed by atoms with E-state index in [4.69, 9.17) is 0 Å². The van der Waals surface area contributed by atoms with Crippen LogP contribution >= 0.6 is 0 Å². The molecule has 2 N–H and O–H groups in total. The van der Waals surface area contributed by atoms with Crippen LogP contribution in [0.3, 0.4) is 0 Å². The molecule has 4 heteroatoms. The number of carbonyl (C=O) groups is 2. The van der Waals surface area contributed by atoms with Gasteiger partial charge in [-0.25, -0.2) is 0 Å². The third-order valence-electron chi connectivity index (χ3n) is 6.62. The number of hydrogen-bond donors (Lipinski definition) is 2. The molecule has 202 valence electrons. The van der Waals surface area contributed by atoms with E-state index in [1.807, 2.05) is 24.3 Å². The van der Waals surface area contributed by atoms with Gasteiger partial charge in [-0.05, 0) is 42.9 Å². The number of carbonyl (C=O) groups excluding carboxylic acids is 2. The maximum Gasteiger partial charge on any atom is 0.166 e. The van der Waals surface area contributed by atoms with E-state index >= 15 is 0 Å². The summed E-state index contributed by atoms with van der Waals surface area (Å²) in [6.07, 6.45) is 13.0. The minimum atomic E-state index is -0.0541. The second-order valence-corrected chi connectivity index (χ2v) is 9.90. The van der Waals surface area contributed by atoms with Gasteiger partial charge in [-0.15, -0.1) is 0 Å². The van der Waals surface area contributed by atoms with E-state index in [-0.39, 0.29) is 23.1 Å². The number of benzene rings is 1. The fourth-order valence-electron chi connectivity index (χ4n) is 4.46. The van der Waals surface area contributed by atoms with E-state index in [9.17, 15) is 19.8 Å². The van der Waals surface area contributed by atoms with Crippen molar-refractivity contribution >= 4 is 22.7 Å². The first-order valence-corrected chi connectivity index (χ1v) is 14.4. The second kappa shape index (κ2) is 18.8. The summed E-state index contributed by atoms with van der Waals surface area (Å²) in [6, 6.07) is 7.30. The Morgan fingerprint density at radius 2 is 0.889 bits per heavy atom. The lowest BCUT2D eigenvalue weighted by Gasteiger charge is -2.15. The Morgan fingerprint density at radius 3 is 1.22 bits per heavy atom. The molecule has 0 aliphatic carbocycles. The zero-order valence-corrected chi connectivity index (χ0v) is 23.3. The Labute approximate surface area is 219 Å². The number of ketones is 2. The molecule has 0 radical (unpaired) electrons. The van der Waals surface area contributed by atoms with E-state index in [0.29, 0.717) is 48.0 Å². The Hall–Kier alpha value is -2.36. The Bertz CT molecular complexity index is 795. The molecule has 0 bridgehead atoms. The number of aliphatic hydroxyl groups is 2. The second-order valence-electron chi connectivity index (χ2n) is 9.90. The molecule has 0 unspecified atom stereocenters. The maximum atomic E-state index is 13.2. The van der Waals surface area contributed by atoms with Gasteiger partial charge in [0.2, 0.25) is 0 Å². The molecule has 0 saturated carbocycles. The summed E-state index contributed by atoms with van der Waals surface area (Å²) in [6.45, 7) is 8.43. The zero-order valence-electron chi connectivity index (χ0n) is 23.3. The normalized spacial score (nSPS) is 12.8. The molecule has 0 saturated heterocycles. The van der Waals surface area contributed by atoms with Crippen molar-refractivity contribution < 1.29 is 19.8 Å². The molecule has 0 aliphatic heterocycles. The predicted octanol–water partition coefficient (Wildman–Crippen LogP) is 9.68. The summed E-state index contributed by atoms with van der Waals surface area (Å²) in [7, 11) is 0. The maximum absolute atomic E-state index is 13.2. The van der Waals surface area contributed by atoms with Crippen LogP contribution in [0.15, 0.2) is 35.8 Å². The topological polar surface area (TPSA) is 74.6 Å². The Morgan fingerprint density at radius 1 is 0.556 bits per heavy atom. The molecule has 1 aromatic carbocycles. The van der Waals surface area contributed by atoms with Crippen LogP contribution in [0.25, 0.3) is 11.1 Å². The van der Waals surface area contributed by atoms with Crippen molar-refractivity contribution in [1.82, 2.24) is 0 Å². The van der Waals surface area contributed by atoms with Crippen molar-refractivity contribution in [1.29, 1.82) is 0 Å². The largest absolute Gasteiger partial charge is 0.512 e. The number of Topliss-reactive ketones (excluding diaryl/α,β-unsaturated/α-hetero) is 2. The van der Waals surface area contributed by atoms with Crippen molar-refractivity contribution in [3.8, 4) is 0 Å². The summed E-state index contributed by atoms with van der Waals surface area (Å²) in [5.74, 6) is 0.159. The summed E-state index contributed by atoms with van der Waals surface area (Å²) < 4.78 is 0. The number of rotatable bonds is 20. The summed E-state index contributed by atoms with van der Waals surface area (Å²) in [5.41, 5.74) is 1.99. The molecule has 1 rings (SSSR count). The van der Waals surface area contributed by atoms with E-state index in [0.717, 1.165) is 77.0 Å². The van der Waals surface area contributed by atoms with E-state index in [2.05, 4.69) is 27.7 Å². The van der Waals surface area contributed by atoms with Crippen LogP contribution in [0.1, 0.15) is 142 Å². The number of hydrogen-bond acceptors (Lipinski definition) is 4. The van der Waals surface area contributed by atoms with Crippen molar-refractivity contribution in [2.75, 3.05) is 0 Å². The minimum absolute atomic E-state index is 0.0541. The molecule has 0 amide bonds. The highest BCUT2D eigenvalue weighted by Crippen LogP contribution is 2.30. The van der Waals surface area contributed by atoms with Gasteiger partial charge in [-0.2, -0.15) is 0 Å². The smallest absolute Gasteiger partial charge is 0.166 e. The van der Waals surface area contributed by atoms with E-state index in [1.54, 1.807) is 0 Å². The molecule has 36 heavy (non-hydrogen) atoms. The van der Waals surface area contributed by atoms with Crippen LogP contribution in [0.4, 0.5) is 0 Å². The number of allylic oxidation sites excluding steroid dienone is 4. The van der Waals surface area contributed by atoms with Crippen LogP contribution in [-0.2, 0) is 9.59 Å². The molecule has 0 aromatic heterocycles. The molecule has 0 fully saturated rings. The average Bonchev–Trinajstić information content (AvgIpc) is 2.85. The molecular weight excluding hydrogens is 448 g/mol. The Balaban J connectivity index is 3.45. The zero-order chi connectivity index (χ0) is 26.8. The van der Waals surface area contributed by atoms with Crippen molar-refractivity contribution in [2.24, 2.45) is 0 Å². The lowest BCUT2D eigenvalue weighted by atomic mass is 9.90. The van der Waals surface area contributed by atoms with Gasteiger partial charge in [0, 0.05) is 25.7 Å². The first-order valence-electron chi connectivity index (χ1n) is 14.4. The van der Waals surface area contributed by atoms with Crippen molar-refractivity contribution in [3.63, 3.8) is 0 Å². The number of aliphatic hydroxyl groups excluding tert-OH is 2. The standard InChI is InChI=1S/C32H50O4/c1-5-9-13-20-27(33)31(28(34)21-14-10-6-2)25-18-17-19-26(24-25)32(29(35)22-15-11-7-3)30(36)23-16-12-8-4/h17-19,24,33,35H,5-16,20-23H2,1-4H3/b31-27-,32-29?. The monoisotopic (exact) mass is 498 g/mol.